The van der Waals surface area contributed by atoms with Gasteiger partial charge in [-0.15, -0.1) is 0 Å². The van der Waals surface area contributed by atoms with Crippen LogP contribution >= 0.6 is 0 Å². The van der Waals surface area contributed by atoms with Crippen LogP contribution in [0.5, 0.6) is 0 Å². The number of furan rings is 1. The molecule has 2 heterocycles. The molecule has 1 unspecified atom stereocenters. The van der Waals surface area contributed by atoms with Crippen LogP contribution in [0.2, 0.25) is 0 Å². The number of aliphatic hydroxyl groups is 1. The van der Waals surface area contributed by atoms with E-state index < -0.39 is 30.0 Å². The van der Waals surface area contributed by atoms with Gasteiger partial charge in [-0.3, -0.25) is 0 Å². The lowest BCUT2D eigenvalue weighted by Crippen LogP contribution is -2.53. The summed E-state index contributed by atoms with van der Waals surface area (Å²) >= 11 is 0. The molecule has 5 rings (SSSR count). The van der Waals surface area contributed by atoms with Gasteiger partial charge in [0.1, 0.15) is 5.58 Å². The minimum absolute atomic E-state index is 0.405. The maximum Gasteiger partial charge on any atom is 0.417 e. The number of fused-ring (bicyclic) bond motifs is 4. The highest BCUT2D eigenvalue weighted by atomic mass is 19.4. The predicted octanol–water partition coefficient (Wildman–Crippen LogP) is 6.10. The zero-order valence-corrected chi connectivity index (χ0v) is 16.0. The van der Waals surface area contributed by atoms with Crippen molar-refractivity contribution in [3.8, 4) is 11.5 Å². The van der Waals surface area contributed by atoms with Crippen molar-refractivity contribution >= 4 is 21.9 Å². The van der Waals surface area contributed by atoms with E-state index in [0.717, 1.165) is 27.5 Å². The summed E-state index contributed by atoms with van der Waals surface area (Å²) in [5, 5.41) is 12.3. The molecule has 0 aliphatic heterocycles. The zero-order chi connectivity index (χ0) is 20.6. The van der Waals surface area contributed by atoms with Gasteiger partial charge in [0.15, 0.2) is 11.4 Å². The minimum atomic E-state index is -4.68. The molecular weight excluding hydrogens is 379 g/mol. The number of nitrogens with one attached hydrogen (secondary N) is 1. The third kappa shape index (κ3) is 2.69. The summed E-state index contributed by atoms with van der Waals surface area (Å²) in [5.41, 5.74) is -0.0172. The Balaban J connectivity index is 1.68. The number of benzene rings is 2. The van der Waals surface area contributed by atoms with Crippen LogP contribution in [-0.4, -0.2) is 21.9 Å². The maximum absolute atomic E-state index is 13.5. The molecular formula is C23H20F3NO2. The molecule has 6 heteroatoms. The zero-order valence-electron chi connectivity index (χ0n) is 16.0. The largest absolute Gasteiger partial charge is 0.454 e. The van der Waals surface area contributed by atoms with Crippen LogP contribution in [0.15, 0.2) is 52.9 Å². The first-order valence-electron chi connectivity index (χ1n) is 9.51. The van der Waals surface area contributed by atoms with E-state index in [2.05, 4.69) is 4.98 Å². The van der Waals surface area contributed by atoms with Gasteiger partial charge in [0.05, 0.1) is 5.69 Å². The second-order valence-corrected chi connectivity index (χ2v) is 8.67. The molecule has 2 aromatic heterocycles. The normalized spacial score (nSPS) is 21.6. The van der Waals surface area contributed by atoms with Crippen molar-refractivity contribution in [2.75, 3.05) is 0 Å². The van der Waals surface area contributed by atoms with Crippen LogP contribution in [0.1, 0.15) is 31.4 Å². The van der Waals surface area contributed by atoms with Crippen molar-refractivity contribution in [1.29, 1.82) is 0 Å². The number of rotatable bonds is 1. The quantitative estimate of drug-likeness (QED) is 0.406. The van der Waals surface area contributed by atoms with E-state index in [1.165, 1.54) is 0 Å². The van der Waals surface area contributed by atoms with Gasteiger partial charge in [-0.2, -0.15) is 13.2 Å². The molecule has 150 valence electrons. The average Bonchev–Trinajstić information content (AvgIpc) is 3.23. The van der Waals surface area contributed by atoms with E-state index in [4.69, 9.17) is 4.42 Å². The second-order valence-electron chi connectivity index (χ2n) is 8.67. The smallest absolute Gasteiger partial charge is 0.417 e. The number of aromatic amines is 1. The summed E-state index contributed by atoms with van der Waals surface area (Å²) in [7, 11) is 0. The fraction of sp³-hybridized carbons (Fsp3) is 0.304. The number of hydrogen-bond acceptors (Lipinski definition) is 2. The monoisotopic (exact) mass is 399 g/mol. The highest BCUT2D eigenvalue weighted by molar-refractivity contribution is 5.90. The number of alkyl halides is 3. The van der Waals surface area contributed by atoms with Gasteiger partial charge in [0.25, 0.3) is 0 Å². The lowest BCUT2D eigenvalue weighted by atomic mass is 9.65. The van der Waals surface area contributed by atoms with Gasteiger partial charge >= 0.3 is 6.18 Å². The number of halogens is 3. The van der Waals surface area contributed by atoms with E-state index in [1.54, 1.807) is 26.0 Å². The fourth-order valence-electron chi connectivity index (χ4n) is 4.77. The summed E-state index contributed by atoms with van der Waals surface area (Å²) in [6, 6.07) is 15.2. The van der Waals surface area contributed by atoms with Crippen molar-refractivity contribution in [3.63, 3.8) is 0 Å². The molecule has 3 nitrogen and oxygen atoms in total. The summed E-state index contributed by atoms with van der Waals surface area (Å²) < 4.78 is 46.8. The standard InChI is InChI=1S/C23H20F3NO2/c1-21(2)12-22(28,23(24,25)26)11-15-8-7-14-10-18(29-20(14)19(15)21)17-9-13-5-3-4-6-16(13)27-17/h3-10,27-28H,11-12H2,1-2H3. The number of hydrogen-bond donors (Lipinski definition) is 2. The first-order chi connectivity index (χ1) is 13.6. The first kappa shape index (κ1) is 18.3. The van der Waals surface area contributed by atoms with Crippen molar-refractivity contribution in [3.05, 3.63) is 59.7 Å². The molecule has 1 aliphatic rings. The van der Waals surface area contributed by atoms with Crippen molar-refractivity contribution < 1.29 is 22.7 Å². The summed E-state index contributed by atoms with van der Waals surface area (Å²) in [6.07, 6.45) is -5.55. The van der Waals surface area contributed by atoms with Gasteiger partial charge in [-0.25, -0.2) is 0 Å². The lowest BCUT2D eigenvalue weighted by molar-refractivity contribution is -0.268. The molecule has 1 atom stereocenters. The molecule has 0 saturated heterocycles. The Kier molecular flexibility index (Phi) is 3.57. The molecule has 4 aromatic rings. The van der Waals surface area contributed by atoms with Crippen LogP contribution in [0.3, 0.4) is 0 Å². The van der Waals surface area contributed by atoms with Crippen LogP contribution in [-0.2, 0) is 11.8 Å². The Morgan fingerprint density at radius 3 is 2.52 bits per heavy atom. The van der Waals surface area contributed by atoms with Gasteiger partial charge in [-0.1, -0.05) is 44.2 Å². The van der Waals surface area contributed by atoms with Gasteiger partial charge in [0.2, 0.25) is 0 Å². The Bertz CT molecular complexity index is 1220. The van der Waals surface area contributed by atoms with Crippen molar-refractivity contribution in [2.24, 2.45) is 0 Å². The van der Waals surface area contributed by atoms with Crippen molar-refractivity contribution in [1.82, 2.24) is 4.98 Å². The predicted molar refractivity (Wildman–Crippen MR) is 106 cm³/mol. The number of H-pyrrole nitrogens is 1. The average molecular weight is 399 g/mol. The number of para-hydroxylation sites is 1. The fourth-order valence-corrected chi connectivity index (χ4v) is 4.77. The Hall–Kier alpha value is -2.73. The minimum Gasteiger partial charge on any atom is -0.454 e. The highest BCUT2D eigenvalue weighted by Gasteiger charge is 2.58. The molecule has 0 bridgehead atoms. The maximum atomic E-state index is 13.5. The third-order valence-electron chi connectivity index (χ3n) is 5.99. The van der Waals surface area contributed by atoms with Gasteiger partial charge < -0.3 is 14.5 Å². The van der Waals surface area contributed by atoms with E-state index in [0.29, 0.717) is 16.9 Å². The topological polar surface area (TPSA) is 49.2 Å². The van der Waals surface area contributed by atoms with E-state index in [1.807, 2.05) is 36.4 Å². The summed E-state index contributed by atoms with van der Waals surface area (Å²) in [5.74, 6) is 0.636. The Morgan fingerprint density at radius 1 is 1.03 bits per heavy atom. The SMILES string of the molecule is CC1(C)CC(O)(C(F)(F)F)Cc2ccc3cc(-c4cc5ccccc5[nH]4)oc3c21. The highest BCUT2D eigenvalue weighted by Crippen LogP contribution is 2.50. The molecule has 0 fully saturated rings. The molecule has 0 spiro atoms. The Labute approximate surface area is 165 Å². The van der Waals surface area contributed by atoms with Crippen LogP contribution < -0.4 is 0 Å². The molecule has 0 radical (unpaired) electrons. The molecule has 2 aromatic carbocycles. The van der Waals surface area contributed by atoms with E-state index in [-0.39, 0.29) is 0 Å². The lowest BCUT2D eigenvalue weighted by Gasteiger charge is -2.43. The van der Waals surface area contributed by atoms with Gasteiger partial charge in [0, 0.05) is 28.3 Å². The molecule has 29 heavy (non-hydrogen) atoms. The first-order valence-corrected chi connectivity index (χ1v) is 9.51. The van der Waals surface area contributed by atoms with E-state index >= 15 is 0 Å². The van der Waals surface area contributed by atoms with Crippen LogP contribution in [0, 0.1) is 0 Å². The second kappa shape index (κ2) is 5.66. The summed E-state index contributed by atoms with van der Waals surface area (Å²) in [6.45, 7) is 3.46. The summed E-state index contributed by atoms with van der Waals surface area (Å²) in [4.78, 5) is 3.32. The molecule has 0 saturated carbocycles. The van der Waals surface area contributed by atoms with Crippen LogP contribution in [0.4, 0.5) is 13.2 Å². The number of aromatic nitrogens is 1. The van der Waals surface area contributed by atoms with Crippen LogP contribution in [0.25, 0.3) is 33.3 Å². The van der Waals surface area contributed by atoms with E-state index in [9.17, 15) is 18.3 Å². The third-order valence-corrected chi connectivity index (χ3v) is 5.99. The molecule has 1 aliphatic carbocycles. The van der Waals surface area contributed by atoms with Crippen molar-refractivity contribution in [2.45, 2.75) is 43.9 Å². The Morgan fingerprint density at radius 2 is 1.79 bits per heavy atom. The van der Waals surface area contributed by atoms with Gasteiger partial charge in [-0.05, 0) is 35.6 Å². The molecule has 0 amide bonds. The molecule has 2 N–H and O–H groups in total.